The highest BCUT2D eigenvalue weighted by Crippen LogP contribution is 2.37. The van der Waals surface area contributed by atoms with Crippen LogP contribution < -0.4 is 19.8 Å². The Kier molecular flexibility index (Phi) is 18.5. The molecule has 6 aromatic rings. The fourth-order valence-corrected chi connectivity index (χ4v) is 7.93. The minimum Gasteiger partial charge on any atom is -0.489 e. The van der Waals surface area contributed by atoms with Crippen LogP contribution in [0.1, 0.15) is 113 Å². The molecule has 1 fully saturated rings. The summed E-state index contributed by atoms with van der Waals surface area (Å²) >= 11 is 0. The zero-order chi connectivity index (χ0) is 50.0. The molecule has 15 heteroatoms. The molecule has 5 atom stereocenters. The highest BCUT2D eigenvalue weighted by Gasteiger charge is 2.54. The Labute approximate surface area is 410 Å². The van der Waals surface area contributed by atoms with E-state index in [4.69, 9.17) is 42.3 Å². The molecule has 1 aromatic heterocycles. The Bertz CT molecular complexity index is 2760. The third-order valence-electron chi connectivity index (χ3n) is 11.5. The lowest BCUT2D eigenvalue weighted by Crippen LogP contribution is -2.63. The Balaban J connectivity index is 1.25. The van der Waals surface area contributed by atoms with Crippen LogP contribution in [0.4, 0.5) is 0 Å². The zero-order valence-electron chi connectivity index (χ0n) is 39.6. The highest BCUT2D eigenvalue weighted by atomic mass is 16.7. The molecular weight excluding hydrogens is 913 g/mol. The van der Waals surface area contributed by atoms with Gasteiger partial charge in [-0.2, -0.15) is 0 Å². The van der Waals surface area contributed by atoms with Gasteiger partial charge < -0.3 is 42.3 Å². The summed E-state index contributed by atoms with van der Waals surface area (Å²) in [6.45, 7) is 2.99. The van der Waals surface area contributed by atoms with E-state index in [1.165, 1.54) is 86.7 Å². The molecule has 0 unspecified atom stereocenters. The van der Waals surface area contributed by atoms with Gasteiger partial charge in [0.1, 0.15) is 24.0 Å². The number of benzene rings is 5. The van der Waals surface area contributed by atoms with Crippen LogP contribution in [0.5, 0.6) is 17.2 Å². The molecule has 71 heavy (non-hydrogen) atoms. The van der Waals surface area contributed by atoms with Crippen LogP contribution in [0.2, 0.25) is 0 Å². The summed E-state index contributed by atoms with van der Waals surface area (Å²) in [5.41, 5.74) is -0.467. The van der Waals surface area contributed by atoms with Gasteiger partial charge in [0.25, 0.3) is 5.75 Å². The Hall–Kier alpha value is -7.78. The summed E-state index contributed by atoms with van der Waals surface area (Å²) in [6, 6.07) is 36.5. The second kappa shape index (κ2) is 25.7. The predicted octanol–water partition coefficient (Wildman–Crippen LogP) is 10.3. The number of ether oxygens (including phenoxy) is 8. The van der Waals surface area contributed by atoms with Gasteiger partial charge in [-0.25, -0.2) is 24.0 Å². The number of unbranched alkanes of at least 4 members (excludes halogenated alkanes) is 8. The van der Waals surface area contributed by atoms with Crippen molar-refractivity contribution >= 4 is 40.8 Å². The predicted molar refractivity (Wildman–Crippen MR) is 259 cm³/mol. The maximum atomic E-state index is 14.1. The Morgan fingerprint density at radius 1 is 0.535 bits per heavy atom. The van der Waals surface area contributed by atoms with Gasteiger partial charge in [0.15, 0.2) is 18.0 Å². The Morgan fingerprint density at radius 2 is 1.01 bits per heavy atom. The first-order valence-corrected chi connectivity index (χ1v) is 23.8. The van der Waals surface area contributed by atoms with Gasteiger partial charge in [-0.15, -0.1) is 0 Å². The largest absolute Gasteiger partial charge is 0.489 e. The lowest BCUT2D eigenvalue weighted by atomic mass is 9.97. The summed E-state index contributed by atoms with van der Waals surface area (Å²) in [6.07, 6.45) is 1.60. The van der Waals surface area contributed by atoms with Gasteiger partial charge in [-0.1, -0.05) is 131 Å². The van der Waals surface area contributed by atoms with Crippen LogP contribution in [0.25, 0.3) is 11.0 Å². The van der Waals surface area contributed by atoms with Crippen molar-refractivity contribution in [2.24, 2.45) is 0 Å². The molecule has 370 valence electrons. The maximum absolute atomic E-state index is 14.1. The van der Waals surface area contributed by atoms with E-state index in [2.05, 4.69) is 6.92 Å². The van der Waals surface area contributed by atoms with Gasteiger partial charge >= 0.3 is 35.5 Å². The van der Waals surface area contributed by atoms with E-state index in [1.807, 2.05) is 0 Å². The van der Waals surface area contributed by atoms with Crippen molar-refractivity contribution in [2.45, 2.75) is 102 Å². The molecule has 1 aliphatic heterocycles. The quantitative estimate of drug-likeness (QED) is 0.0255. The molecule has 0 bridgehead atoms. The lowest BCUT2D eigenvalue weighted by molar-refractivity contribution is -0.275. The van der Waals surface area contributed by atoms with Gasteiger partial charge in [0.2, 0.25) is 12.4 Å². The molecule has 7 rings (SSSR count). The van der Waals surface area contributed by atoms with Crippen molar-refractivity contribution in [3.05, 3.63) is 172 Å². The van der Waals surface area contributed by atoms with E-state index in [0.29, 0.717) is 6.42 Å². The van der Waals surface area contributed by atoms with Crippen molar-refractivity contribution in [1.82, 2.24) is 0 Å². The van der Waals surface area contributed by atoms with Gasteiger partial charge in [-0.05, 0) is 67.1 Å². The van der Waals surface area contributed by atoms with Crippen molar-refractivity contribution in [1.29, 1.82) is 0 Å². The smallest absolute Gasteiger partial charge is 0.383 e. The van der Waals surface area contributed by atoms with Crippen molar-refractivity contribution in [2.75, 3.05) is 13.2 Å². The monoisotopic (exact) mass is 968 g/mol. The van der Waals surface area contributed by atoms with E-state index < -0.39 is 78.5 Å². The molecule has 1 aliphatic rings. The van der Waals surface area contributed by atoms with Gasteiger partial charge in [0.05, 0.1) is 34.2 Å². The van der Waals surface area contributed by atoms with Gasteiger partial charge in [0, 0.05) is 13.0 Å². The van der Waals surface area contributed by atoms with E-state index in [1.54, 1.807) is 84.9 Å². The third kappa shape index (κ3) is 14.2. The van der Waals surface area contributed by atoms with E-state index in [0.717, 1.165) is 26.2 Å². The summed E-state index contributed by atoms with van der Waals surface area (Å²) in [7, 11) is 0. The molecule has 0 N–H and O–H groups in total. The van der Waals surface area contributed by atoms with Crippen LogP contribution in [0.3, 0.4) is 0 Å². The average molecular weight is 969 g/mol. The topological polar surface area (TPSA) is 189 Å². The maximum Gasteiger partial charge on any atom is 0.383 e. The minimum atomic E-state index is -1.70. The molecule has 5 aromatic carbocycles. The number of rotatable bonds is 23. The number of esters is 5. The van der Waals surface area contributed by atoms with Crippen LogP contribution in [-0.2, 0) is 28.5 Å². The van der Waals surface area contributed by atoms with E-state index >= 15 is 0 Å². The number of hydrogen-bond donors (Lipinski definition) is 0. The first-order chi connectivity index (χ1) is 34.6. The summed E-state index contributed by atoms with van der Waals surface area (Å²) in [5, 5.41) is 0.272. The summed E-state index contributed by atoms with van der Waals surface area (Å²) < 4.78 is 54.3. The molecular formula is C56H56O15. The van der Waals surface area contributed by atoms with Crippen molar-refractivity contribution < 1.29 is 66.3 Å². The second-order valence-corrected chi connectivity index (χ2v) is 16.8. The molecule has 0 saturated carbocycles. The van der Waals surface area contributed by atoms with Crippen LogP contribution >= 0.6 is 0 Å². The van der Waals surface area contributed by atoms with E-state index in [9.17, 15) is 28.8 Å². The molecule has 0 amide bonds. The minimum absolute atomic E-state index is 0.00240. The lowest BCUT2D eigenvalue weighted by Gasteiger charge is -2.44. The normalized spacial score (nSPS) is 17.4. The summed E-state index contributed by atoms with van der Waals surface area (Å²) in [4.78, 5) is 81.1. The fourth-order valence-electron chi connectivity index (χ4n) is 7.93. The summed E-state index contributed by atoms with van der Waals surface area (Å²) in [5.74, 6) is -4.55. The van der Waals surface area contributed by atoms with Crippen LogP contribution in [0, 0.1) is 0 Å². The van der Waals surface area contributed by atoms with Crippen molar-refractivity contribution in [3.63, 3.8) is 0 Å². The average Bonchev–Trinajstić information content (AvgIpc) is 3.39. The molecule has 15 nitrogen and oxygen atoms in total. The van der Waals surface area contributed by atoms with E-state index in [-0.39, 0.29) is 51.3 Å². The molecule has 0 radical (unpaired) electrons. The number of carbonyl (C=O) groups excluding carboxylic acids is 5. The second-order valence-electron chi connectivity index (χ2n) is 16.8. The number of hydrogen-bond acceptors (Lipinski definition) is 15. The molecule has 0 aliphatic carbocycles. The molecule has 0 spiro atoms. The van der Waals surface area contributed by atoms with Crippen molar-refractivity contribution in [3.8, 4) is 17.2 Å². The highest BCUT2D eigenvalue weighted by molar-refractivity contribution is 5.92. The molecule has 1 saturated heterocycles. The first kappa shape index (κ1) is 51.1. The number of carbonyl (C=O) groups is 5. The third-order valence-corrected chi connectivity index (χ3v) is 11.5. The first-order valence-electron chi connectivity index (χ1n) is 23.8. The zero-order valence-corrected chi connectivity index (χ0v) is 39.6. The molecule has 2 heterocycles. The number of fused-ring (bicyclic) bond motifs is 1. The fraction of sp³-hybridized carbons (Fsp3) is 0.321. The SMILES string of the molecule is CCCCCCCCCCCOc1c(OC(C)=O)c(=O)oc2cc(O[C@@H]3O[C@H](COC(=O)c4ccccc4)[C@H](OC(=O)c4ccccc4)[C@H](OC(=O)c4ccccc4)[C@H]3OC(=O)c3ccccc3)ccc12. The van der Waals surface area contributed by atoms with Crippen LogP contribution in [-0.4, -0.2) is 73.8 Å². The van der Waals surface area contributed by atoms with Gasteiger partial charge in [-0.3, -0.25) is 4.79 Å². The Morgan fingerprint density at radius 3 is 1.54 bits per heavy atom. The standard InChI is InChI=1S/C56H56O15/c1-3-4-5-6-7-8-9-10-23-34-63-46-43-33-32-42(35-44(43)67-55(62)49(46)65-37(2)57)66-56-50(71-54(61)41-30-21-14-22-31-41)48(70-53(60)40-28-19-13-20-29-40)47(69-52(59)39-26-17-12-18-27-39)45(68-56)36-64-51(58)38-24-15-11-16-25-38/h11-22,24-33,35,45,47-48,50,56H,3-10,23,34,36H2,1-2H3/t45-,47+,48+,50-,56-/m1/s1. The van der Waals surface area contributed by atoms with Crippen LogP contribution in [0.15, 0.2) is 149 Å².